The molecule has 132 valence electrons. The van der Waals surface area contributed by atoms with Gasteiger partial charge in [-0.05, 0) is 30.5 Å². The first-order chi connectivity index (χ1) is 11.9. The maximum atomic E-state index is 11.8. The van der Waals surface area contributed by atoms with E-state index in [1.54, 1.807) is 12.3 Å². The van der Waals surface area contributed by atoms with Gasteiger partial charge in [0, 0.05) is 37.4 Å². The summed E-state index contributed by atoms with van der Waals surface area (Å²) in [5.41, 5.74) is 0.220. The molecule has 3 heterocycles. The number of piperidine rings is 1. The zero-order valence-corrected chi connectivity index (χ0v) is 15.1. The molecule has 1 aromatic carbocycles. The van der Waals surface area contributed by atoms with E-state index in [0.717, 1.165) is 24.2 Å². The number of nitrogens with zero attached hydrogens (tertiary/aromatic N) is 2. The molecule has 0 radical (unpaired) electrons. The highest BCUT2D eigenvalue weighted by molar-refractivity contribution is 7.91. The Labute approximate surface area is 148 Å². The molecule has 2 bridgehead atoms. The fourth-order valence-corrected chi connectivity index (χ4v) is 4.92. The molecular formula is C19H23N3O2S. The predicted octanol–water partition coefficient (Wildman–Crippen LogP) is 3.14. The fourth-order valence-electron chi connectivity index (χ4n) is 4.34. The van der Waals surface area contributed by atoms with Crippen molar-refractivity contribution in [2.75, 3.05) is 11.2 Å². The molecule has 6 heteroatoms. The average Bonchev–Trinajstić information content (AvgIpc) is 2.87. The molecule has 4 rings (SSSR count). The molecule has 0 aliphatic carbocycles. The van der Waals surface area contributed by atoms with Crippen molar-refractivity contribution in [3.05, 3.63) is 54.2 Å². The quantitative estimate of drug-likeness (QED) is 0.885. The molecule has 25 heavy (non-hydrogen) atoms. The Morgan fingerprint density at radius 2 is 1.80 bits per heavy atom. The number of pyridine rings is 1. The van der Waals surface area contributed by atoms with E-state index in [1.165, 1.54) is 6.26 Å². The Morgan fingerprint density at radius 3 is 2.32 bits per heavy atom. The summed E-state index contributed by atoms with van der Waals surface area (Å²) >= 11 is 0. The zero-order chi connectivity index (χ0) is 17.7. The summed E-state index contributed by atoms with van der Waals surface area (Å²) in [6, 6.07) is 14.1. The molecule has 2 saturated heterocycles. The van der Waals surface area contributed by atoms with Gasteiger partial charge in [-0.25, -0.2) is 14.0 Å². The van der Waals surface area contributed by atoms with Crippen molar-refractivity contribution in [2.24, 2.45) is 0 Å². The van der Waals surface area contributed by atoms with Gasteiger partial charge in [0.2, 0.25) is 0 Å². The molecule has 0 saturated carbocycles. The van der Waals surface area contributed by atoms with Gasteiger partial charge in [0.15, 0.2) is 0 Å². The molecule has 2 aliphatic heterocycles. The topological polar surface area (TPSA) is 77.3 Å². The summed E-state index contributed by atoms with van der Waals surface area (Å²) in [4.78, 5) is 7.24. The number of hydrogen-bond acceptors (Lipinski definition) is 5. The zero-order valence-electron chi connectivity index (χ0n) is 14.3. The number of aromatic nitrogens is 1. The normalized spacial score (nSPS) is 30.9. The lowest BCUT2D eigenvalue weighted by Gasteiger charge is -2.44. The molecular weight excluding hydrogens is 334 g/mol. The molecule has 1 aromatic heterocycles. The molecule has 0 amide bonds. The van der Waals surface area contributed by atoms with Gasteiger partial charge in [-0.1, -0.05) is 30.3 Å². The van der Waals surface area contributed by atoms with Gasteiger partial charge in [-0.15, -0.1) is 0 Å². The van der Waals surface area contributed by atoms with E-state index in [9.17, 15) is 9.32 Å². The molecule has 3 atom stereocenters. The third kappa shape index (κ3) is 2.93. The van der Waals surface area contributed by atoms with Crippen molar-refractivity contribution < 1.29 is 9.32 Å². The summed E-state index contributed by atoms with van der Waals surface area (Å²) in [5.74, 6) is 0.856. The van der Waals surface area contributed by atoms with Crippen LogP contribution in [-0.4, -0.2) is 32.6 Å². The lowest BCUT2D eigenvalue weighted by Crippen LogP contribution is -2.50. The molecule has 2 N–H and O–H groups in total. The molecule has 3 unspecified atom stereocenters. The molecule has 2 aliphatic rings. The summed E-state index contributed by atoms with van der Waals surface area (Å²) in [6.07, 6.45) is 6.45. The SMILES string of the molecule is CS(=N)(=O)c1ccc(N2C3CCC2CC(O)(c2ccccc2)C3)nc1. The minimum atomic E-state index is -2.74. The molecule has 5 nitrogen and oxygen atoms in total. The number of anilines is 1. The van der Waals surface area contributed by atoms with Crippen LogP contribution in [0.3, 0.4) is 0 Å². The molecule has 2 aromatic rings. The average molecular weight is 357 g/mol. The third-order valence-electron chi connectivity index (χ3n) is 5.51. The Kier molecular flexibility index (Phi) is 3.85. The third-order valence-corrected chi connectivity index (χ3v) is 6.65. The van der Waals surface area contributed by atoms with E-state index in [4.69, 9.17) is 4.78 Å². The maximum Gasteiger partial charge on any atom is 0.129 e. The van der Waals surface area contributed by atoms with Crippen LogP contribution in [-0.2, 0) is 15.3 Å². The van der Waals surface area contributed by atoms with Crippen LogP contribution in [0.4, 0.5) is 5.82 Å². The number of benzene rings is 1. The minimum Gasteiger partial charge on any atom is -0.385 e. The minimum absolute atomic E-state index is 0.254. The van der Waals surface area contributed by atoms with Gasteiger partial charge in [0.05, 0.1) is 20.2 Å². The number of hydrogen-bond donors (Lipinski definition) is 2. The summed E-state index contributed by atoms with van der Waals surface area (Å²) in [5, 5.41) is 11.2. The van der Waals surface area contributed by atoms with E-state index in [1.807, 2.05) is 36.4 Å². The van der Waals surface area contributed by atoms with Crippen molar-refractivity contribution in [1.82, 2.24) is 4.98 Å². The van der Waals surface area contributed by atoms with Gasteiger partial charge in [0.1, 0.15) is 5.82 Å². The second-order valence-electron chi connectivity index (χ2n) is 7.29. The summed E-state index contributed by atoms with van der Waals surface area (Å²) in [7, 11) is -2.74. The lowest BCUT2D eigenvalue weighted by atomic mass is 9.80. The van der Waals surface area contributed by atoms with Gasteiger partial charge in [-0.2, -0.15) is 0 Å². The summed E-state index contributed by atoms with van der Waals surface area (Å²) < 4.78 is 19.5. The van der Waals surface area contributed by atoms with Crippen molar-refractivity contribution in [3.8, 4) is 0 Å². The number of fused-ring (bicyclic) bond motifs is 2. The van der Waals surface area contributed by atoms with E-state index < -0.39 is 15.3 Å². The van der Waals surface area contributed by atoms with Crippen LogP contribution < -0.4 is 4.90 Å². The van der Waals surface area contributed by atoms with Gasteiger partial charge < -0.3 is 10.0 Å². The highest BCUT2D eigenvalue weighted by Gasteiger charge is 2.48. The van der Waals surface area contributed by atoms with Crippen LogP contribution in [0.15, 0.2) is 53.6 Å². The van der Waals surface area contributed by atoms with Crippen LogP contribution in [0.5, 0.6) is 0 Å². The highest BCUT2D eigenvalue weighted by atomic mass is 32.2. The van der Waals surface area contributed by atoms with E-state index in [0.29, 0.717) is 17.7 Å². The Hall–Kier alpha value is -1.92. The standard InChI is InChI=1S/C19H23N3O2S/c1-25(20,24)17-9-10-18(21-13-17)22-15-7-8-16(22)12-19(23,11-15)14-5-3-2-4-6-14/h2-6,9-10,13,15-16,20,23H,7-8,11-12H2,1H3. The Balaban J connectivity index is 1.61. The van der Waals surface area contributed by atoms with Crippen LogP contribution in [0, 0.1) is 4.78 Å². The molecule has 0 spiro atoms. The predicted molar refractivity (Wildman–Crippen MR) is 98.2 cm³/mol. The lowest BCUT2D eigenvalue weighted by molar-refractivity contribution is -0.00318. The first kappa shape index (κ1) is 16.5. The van der Waals surface area contributed by atoms with Crippen LogP contribution in [0.25, 0.3) is 0 Å². The van der Waals surface area contributed by atoms with Crippen molar-refractivity contribution in [3.63, 3.8) is 0 Å². The van der Waals surface area contributed by atoms with Crippen LogP contribution >= 0.6 is 0 Å². The van der Waals surface area contributed by atoms with Gasteiger partial charge in [0.25, 0.3) is 0 Å². The maximum absolute atomic E-state index is 11.8. The van der Waals surface area contributed by atoms with Crippen molar-refractivity contribution in [1.29, 1.82) is 4.78 Å². The first-order valence-electron chi connectivity index (χ1n) is 8.63. The number of nitrogens with one attached hydrogen (secondary N) is 1. The Morgan fingerprint density at radius 1 is 1.16 bits per heavy atom. The van der Waals surface area contributed by atoms with Gasteiger partial charge >= 0.3 is 0 Å². The van der Waals surface area contributed by atoms with Gasteiger partial charge in [-0.3, -0.25) is 0 Å². The van der Waals surface area contributed by atoms with Crippen molar-refractivity contribution >= 4 is 15.5 Å². The largest absolute Gasteiger partial charge is 0.385 e. The second kappa shape index (κ2) is 5.81. The van der Waals surface area contributed by atoms with Crippen LogP contribution in [0.1, 0.15) is 31.2 Å². The fraction of sp³-hybridized carbons (Fsp3) is 0.421. The number of aliphatic hydroxyl groups is 1. The Bertz CT molecular complexity index is 851. The first-order valence-corrected chi connectivity index (χ1v) is 10.6. The smallest absolute Gasteiger partial charge is 0.129 e. The van der Waals surface area contributed by atoms with Crippen LogP contribution in [0.2, 0.25) is 0 Å². The van der Waals surface area contributed by atoms with E-state index in [2.05, 4.69) is 9.88 Å². The number of rotatable bonds is 3. The van der Waals surface area contributed by atoms with Crippen molar-refractivity contribution in [2.45, 2.75) is 48.3 Å². The molecule has 2 fully saturated rings. The van der Waals surface area contributed by atoms with E-state index in [-0.39, 0.29) is 12.1 Å². The monoisotopic (exact) mass is 357 g/mol. The second-order valence-corrected chi connectivity index (χ2v) is 9.45. The highest BCUT2D eigenvalue weighted by Crippen LogP contribution is 2.47. The summed E-state index contributed by atoms with van der Waals surface area (Å²) in [6.45, 7) is 0. The van der Waals surface area contributed by atoms with E-state index >= 15 is 0 Å².